The van der Waals surface area contributed by atoms with Crippen LogP contribution in [-0.4, -0.2) is 27.8 Å². The smallest absolute Gasteiger partial charge is 0.240 e. The zero-order chi connectivity index (χ0) is 20.1. The Labute approximate surface area is 163 Å². The van der Waals surface area contributed by atoms with Crippen molar-refractivity contribution in [1.29, 1.82) is 0 Å². The fourth-order valence-corrected chi connectivity index (χ4v) is 3.22. The topological polar surface area (TPSA) is 67.8 Å². The number of unbranched alkanes of at least 4 members (excludes halogenated alkanes) is 1. The van der Waals surface area contributed by atoms with Crippen molar-refractivity contribution in [2.45, 2.75) is 45.4 Å². The van der Waals surface area contributed by atoms with E-state index in [2.05, 4.69) is 9.71 Å². The van der Waals surface area contributed by atoms with Gasteiger partial charge in [0.2, 0.25) is 10.0 Å². The third-order valence-electron chi connectivity index (χ3n) is 3.52. The first kappa shape index (κ1) is 22.9. The van der Waals surface area contributed by atoms with Gasteiger partial charge < -0.3 is 4.74 Å². The van der Waals surface area contributed by atoms with Crippen LogP contribution in [0.5, 0.6) is 5.75 Å². The summed E-state index contributed by atoms with van der Waals surface area (Å²) in [6, 6.07) is 14.2. The molecule has 6 heteroatoms. The van der Waals surface area contributed by atoms with Gasteiger partial charge in [-0.05, 0) is 67.4 Å². The molecule has 0 atom stereocenters. The highest BCUT2D eigenvalue weighted by Crippen LogP contribution is 2.17. The van der Waals surface area contributed by atoms with E-state index in [9.17, 15) is 8.42 Å². The molecule has 1 N–H and O–H groups in total. The van der Waals surface area contributed by atoms with E-state index in [1.54, 1.807) is 30.5 Å². The van der Waals surface area contributed by atoms with Crippen LogP contribution in [0, 0.1) is 0 Å². The summed E-state index contributed by atoms with van der Waals surface area (Å²) >= 11 is 0. The van der Waals surface area contributed by atoms with Gasteiger partial charge in [0, 0.05) is 12.8 Å². The highest BCUT2D eigenvalue weighted by molar-refractivity contribution is 7.89. The van der Waals surface area contributed by atoms with Gasteiger partial charge >= 0.3 is 0 Å². The molecule has 0 aliphatic carbocycles. The summed E-state index contributed by atoms with van der Waals surface area (Å²) in [5.74, 6) is 0.824. The molecule has 5 nitrogen and oxygen atoms in total. The van der Waals surface area contributed by atoms with Crippen molar-refractivity contribution >= 4 is 21.9 Å². The zero-order valence-electron chi connectivity index (χ0n) is 16.6. The van der Waals surface area contributed by atoms with Crippen LogP contribution in [0.2, 0.25) is 0 Å². The lowest BCUT2D eigenvalue weighted by Gasteiger charge is -2.06. The molecule has 0 saturated heterocycles. The Hall–Kier alpha value is -2.18. The molecule has 0 aromatic heterocycles. The largest absolute Gasteiger partial charge is 0.494 e. The van der Waals surface area contributed by atoms with Crippen LogP contribution in [0.25, 0.3) is 0 Å². The van der Waals surface area contributed by atoms with Gasteiger partial charge in [-0.15, -0.1) is 0 Å². The summed E-state index contributed by atoms with van der Waals surface area (Å²) in [6.07, 6.45) is 3.50. The number of benzene rings is 2. The SMILES string of the molecule is CC.CCCCNS(=O)(=O)c1ccc(N=Cc2ccc(OCC)cc2)cc1. The van der Waals surface area contributed by atoms with Gasteiger partial charge in [0.15, 0.2) is 0 Å². The Kier molecular flexibility index (Phi) is 10.4. The van der Waals surface area contributed by atoms with Gasteiger partial charge in [0.25, 0.3) is 0 Å². The van der Waals surface area contributed by atoms with Gasteiger partial charge in [0.1, 0.15) is 5.75 Å². The molecule has 0 aliphatic rings. The van der Waals surface area contributed by atoms with E-state index in [-0.39, 0.29) is 4.90 Å². The zero-order valence-corrected chi connectivity index (χ0v) is 17.4. The number of hydrogen-bond donors (Lipinski definition) is 1. The highest BCUT2D eigenvalue weighted by Gasteiger charge is 2.12. The van der Waals surface area contributed by atoms with Crippen LogP contribution in [0.3, 0.4) is 0 Å². The fourth-order valence-electron chi connectivity index (χ4n) is 2.14. The minimum absolute atomic E-state index is 0.253. The van der Waals surface area contributed by atoms with Gasteiger partial charge in [-0.2, -0.15) is 0 Å². The second-order valence-corrected chi connectivity index (χ2v) is 7.27. The van der Waals surface area contributed by atoms with E-state index in [0.29, 0.717) is 18.8 Å². The van der Waals surface area contributed by atoms with Crippen LogP contribution in [0.4, 0.5) is 5.69 Å². The molecule has 148 valence electrons. The van der Waals surface area contributed by atoms with E-state index in [0.717, 1.165) is 24.2 Å². The van der Waals surface area contributed by atoms with E-state index in [1.807, 2.05) is 52.0 Å². The normalized spacial score (nSPS) is 11.1. The molecule has 27 heavy (non-hydrogen) atoms. The van der Waals surface area contributed by atoms with Crippen molar-refractivity contribution in [3.63, 3.8) is 0 Å². The summed E-state index contributed by atoms with van der Waals surface area (Å²) < 4.78 is 32.2. The first-order valence-electron chi connectivity index (χ1n) is 9.42. The number of rotatable bonds is 9. The molecule has 0 amide bonds. The lowest BCUT2D eigenvalue weighted by molar-refractivity contribution is 0.340. The Morgan fingerprint density at radius 2 is 1.63 bits per heavy atom. The Morgan fingerprint density at radius 3 is 2.19 bits per heavy atom. The third kappa shape index (κ3) is 7.93. The number of nitrogens with one attached hydrogen (secondary N) is 1. The first-order valence-corrected chi connectivity index (χ1v) is 10.9. The molecule has 0 heterocycles. The Morgan fingerprint density at radius 1 is 1.00 bits per heavy atom. The molecule has 0 unspecified atom stereocenters. The number of nitrogens with zero attached hydrogens (tertiary/aromatic N) is 1. The van der Waals surface area contributed by atoms with E-state index in [1.165, 1.54) is 0 Å². The molecule has 0 saturated carbocycles. The molecular weight excluding hydrogens is 360 g/mol. The second-order valence-electron chi connectivity index (χ2n) is 5.51. The van der Waals surface area contributed by atoms with Crippen LogP contribution >= 0.6 is 0 Å². The van der Waals surface area contributed by atoms with Crippen LogP contribution in [0.1, 0.15) is 46.1 Å². The van der Waals surface area contributed by atoms with Crippen molar-refractivity contribution < 1.29 is 13.2 Å². The summed E-state index contributed by atoms with van der Waals surface area (Å²) in [4.78, 5) is 4.62. The lowest BCUT2D eigenvalue weighted by Crippen LogP contribution is -2.24. The van der Waals surface area contributed by atoms with Gasteiger partial charge in [0.05, 0.1) is 17.2 Å². The van der Waals surface area contributed by atoms with Gasteiger partial charge in [-0.25, -0.2) is 13.1 Å². The predicted molar refractivity (Wildman–Crippen MR) is 113 cm³/mol. The van der Waals surface area contributed by atoms with Gasteiger partial charge in [-0.1, -0.05) is 27.2 Å². The van der Waals surface area contributed by atoms with Crippen molar-refractivity contribution in [3.8, 4) is 5.75 Å². The summed E-state index contributed by atoms with van der Waals surface area (Å²) in [6.45, 7) is 9.05. The average Bonchev–Trinajstić information content (AvgIpc) is 2.70. The first-order chi connectivity index (χ1) is 13.0. The fraction of sp³-hybridized carbons (Fsp3) is 0.381. The molecule has 2 aromatic rings. The molecule has 0 spiro atoms. The average molecular weight is 391 g/mol. The van der Waals surface area contributed by atoms with Crippen molar-refractivity contribution in [1.82, 2.24) is 4.72 Å². The predicted octanol–water partition coefficient (Wildman–Crippen LogP) is 4.94. The molecule has 2 rings (SSSR count). The number of sulfonamides is 1. The number of hydrogen-bond acceptors (Lipinski definition) is 4. The summed E-state index contributed by atoms with van der Waals surface area (Å²) in [5.41, 5.74) is 1.64. The Bertz CT molecular complexity index is 783. The quantitative estimate of drug-likeness (QED) is 0.487. The van der Waals surface area contributed by atoms with Crippen LogP contribution in [-0.2, 0) is 10.0 Å². The van der Waals surface area contributed by atoms with Crippen molar-refractivity contribution in [2.75, 3.05) is 13.2 Å². The molecule has 0 radical (unpaired) electrons. The van der Waals surface area contributed by atoms with E-state index >= 15 is 0 Å². The monoisotopic (exact) mass is 390 g/mol. The van der Waals surface area contributed by atoms with E-state index in [4.69, 9.17) is 4.74 Å². The maximum absolute atomic E-state index is 12.1. The second kappa shape index (κ2) is 12.3. The molecular formula is C21H30N2O3S. The minimum Gasteiger partial charge on any atom is -0.494 e. The highest BCUT2D eigenvalue weighted by atomic mass is 32.2. The molecule has 0 bridgehead atoms. The third-order valence-corrected chi connectivity index (χ3v) is 5.00. The lowest BCUT2D eigenvalue weighted by atomic mass is 10.2. The van der Waals surface area contributed by atoms with Crippen LogP contribution in [0.15, 0.2) is 58.4 Å². The van der Waals surface area contributed by atoms with Gasteiger partial charge in [-0.3, -0.25) is 4.99 Å². The number of aliphatic imine (C=N–C) groups is 1. The minimum atomic E-state index is -3.44. The maximum atomic E-state index is 12.1. The Balaban J connectivity index is 0.00000176. The maximum Gasteiger partial charge on any atom is 0.240 e. The molecule has 2 aromatic carbocycles. The molecule has 0 aliphatic heterocycles. The molecule has 0 fully saturated rings. The standard InChI is InChI=1S/C19H24N2O3S.C2H6/c1-3-5-14-21-25(22,23)19-12-8-17(9-13-19)20-15-16-6-10-18(11-7-16)24-4-2;1-2/h6-13,15,21H,3-5,14H2,1-2H3;1-2H3. The number of ether oxygens (including phenoxy) is 1. The summed E-state index contributed by atoms with van der Waals surface area (Å²) in [7, 11) is -3.44. The summed E-state index contributed by atoms with van der Waals surface area (Å²) in [5, 5.41) is 0. The van der Waals surface area contributed by atoms with Crippen molar-refractivity contribution in [2.24, 2.45) is 4.99 Å². The van der Waals surface area contributed by atoms with Crippen LogP contribution < -0.4 is 9.46 Å². The van der Waals surface area contributed by atoms with Crippen molar-refractivity contribution in [3.05, 3.63) is 54.1 Å². The van der Waals surface area contributed by atoms with E-state index < -0.39 is 10.0 Å².